The fourth-order valence-electron chi connectivity index (χ4n) is 0.820. The Labute approximate surface area is 97.0 Å². The molecule has 0 heterocycles. The summed E-state index contributed by atoms with van der Waals surface area (Å²) in [5.41, 5.74) is 0. The molecule has 0 aromatic carbocycles. The van der Waals surface area contributed by atoms with Gasteiger partial charge in [0.05, 0.1) is 13.2 Å². The zero-order chi connectivity index (χ0) is 10.6. The lowest BCUT2D eigenvalue weighted by Crippen LogP contribution is -2.16. The first-order valence-electron chi connectivity index (χ1n) is 4.90. The summed E-state index contributed by atoms with van der Waals surface area (Å²) in [7, 11) is 0. The molecular formula is C9H20O3S2. The van der Waals surface area contributed by atoms with Crippen LogP contribution >= 0.6 is 25.3 Å². The van der Waals surface area contributed by atoms with Crippen LogP contribution < -0.4 is 0 Å². The van der Waals surface area contributed by atoms with Crippen LogP contribution in [0.15, 0.2) is 0 Å². The van der Waals surface area contributed by atoms with Crippen LogP contribution in [0.4, 0.5) is 0 Å². The van der Waals surface area contributed by atoms with Gasteiger partial charge in [0.1, 0.15) is 0 Å². The lowest BCUT2D eigenvalue weighted by Gasteiger charge is -2.11. The summed E-state index contributed by atoms with van der Waals surface area (Å²) in [6, 6.07) is 0. The monoisotopic (exact) mass is 240 g/mol. The van der Waals surface area contributed by atoms with Crippen LogP contribution in [0.3, 0.4) is 0 Å². The standard InChI is InChI=1S/C9H20O3S2/c10-9(12-5-2-8-14)3-6-11-4-1-7-13/h9-10,13-14H,1-8H2. The summed E-state index contributed by atoms with van der Waals surface area (Å²) < 4.78 is 10.3. The first-order valence-corrected chi connectivity index (χ1v) is 6.17. The third-order valence-corrected chi connectivity index (χ3v) is 2.20. The molecule has 86 valence electrons. The lowest BCUT2D eigenvalue weighted by atomic mass is 10.4. The van der Waals surface area contributed by atoms with Crippen LogP contribution in [0.25, 0.3) is 0 Å². The maximum absolute atomic E-state index is 9.29. The summed E-state index contributed by atoms with van der Waals surface area (Å²) in [5.74, 6) is 1.62. The third kappa shape index (κ3) is 10.7. The first kappa shape index (κ1) is 14.6. The van der Waals surface area contributed by atoms with Crippen LogP contribution in [-0.4, -0.2) is 42.7 Å². The highest BCUT2D eigenvalue weighted by molar-refractivity contribution is 7.80. The minimum absolute atomic E-state index is 0.527. The first-order chi connectivity index (χ1) is 6.81. The van der Waals surface area contributed by atoms with E-state index >= 15 is 0 Å². The SMILES string of the molecule is OC(CCOCCCS)OCCCS. The molecule has 0 bridgehead atoms. The largest absolute Gasteiger partial charge is 0.381 e. The molecule has 0 rings (SSSR count). The molecule has 0 aliphatic rings. The number of hydrogen-bond donors (Lipinski definition) is 3. The minimum Gasteiger partial charge on any atom is -0.381 e. The number of thiol groups is 2. The Hall–Kier alpha value is 0.580. The minimum atomic E-state index is -0.703. The average Bonchev–Trinajstić information content (AvgIpc) is 2.18. The van der Waals surface area contributed by atoms with Crippen molar-refractivity contribution in [2.24, 2.45) is 0 Å². The molecule has 0 fully saturated rings. The van der Waals surface area contributed by atoms with Crippen LogP contribution in [-0.2, 0) is 9.47 Å². The summed E-state index contributed by atoms with van der Waals surface area (Å²) >= 11 is 8.10. The fourth-order valence-corrected chi connectivity index (χ4v) is 1.08. The average molecular weight is 240 g/mol. The van der Waals surface area contributed by atoms with Gasteiger partial charge in [0, 0.05) is 13.0 Å². The second-order valence-corrected chi connectivity index (χ2v) is 3.78. The van der Waals surface area contributed by atoms with Gasteiger partial charge in [-0.15, -0.1) is 0 Å². The van der Waals surface area contributed by atoms with Gasteiger partial charge < -0.3 is 14.6 Å². The van der Waals surface area contributed by atoms with Crippen molar-refractivity contribution in [3.63, 3.8) is 0 Å². The molecule has 0 spiro atoms. The van der Waals surface area contributed by atoms with Crippen molar-refractivity contribution in [2.75, 3.05) is 31.3 Å². The van der Waals surface area contributed by atoms with Crippen molar-refractivity contribution in [1.29, 1.82) is 0 Å². The molecule has 0 saturated heterocycles. The van der Waals surface area contributed by atoms with Gasteiger partial charge >= 0.3 is 0 Å². The van der Waals surface area contributed by atoms with E-state index in [0.29, 0.717) is 26.2 Å². The van der Waals surface area contributed by atoms with Crippen molar-refractivity contribution >= 4 is 25.3 Å². The van der Waals surface area contributed by atoms with Crippen molar-refractivity contribution in [1.82, 2.24) is 0 Å². The smallest absolute Gasteiger partial charge is 0.156 e. The maximum Gasteiger partial charge on any atom is 0.156 e. The molecule has 14 heavy (non-hydrogen) atoms. The molecule has 1 atom stereocenters. The van der Waals surface area contributed by atoms with Gasteiger partial charge in [-0.1, -0.05) is 0 Å². The van der Waals surface area contributed by atoms with Crippen molar-refractivity contribution in [3.8, 4) is 0 Å². The number of hydrogen-bond acceptors (Lipinski definition) is 5. The van der Waals surface area contributed by atoms with E-state index in [1.165, 1.54) is 0 Å². The van der Waals surface area contributed by atoms with Crippen molar-refractivity contribution in [2.45, 2.75) is 25.6 Å². The van der Waals surface area contributed by atoms with Crippen LogP contribution in [0.1, 0.15) is 19.3 Å². The van der Waals surface area contributed by atoms with E-state index in [1.807, 2.05) is 0 Å². The molecule has 0 aromatic rings. The topological polar surface area (TPSA) is 38.7 Å². The predicted octanol–water partition coefficient (Wildman–Crippen LogP) is 1.37. The summed E-state index contributed by atoms with van der Waals surface area (Å²) in [4.78, 5) is 0. The Morgan fingerprint density at radius 3 is 2.29 bits per heavy atom. The normalized spacial score (nSPS) is 13.1. The number of aliphatic hydroxyl groups excluding tert-OH is 1. The second-order valence-electron chi connectivity index (χ2n) is 2.88. The number of rotatable bonds is 10. The van der Waals surface area contributed by atoms with Gasteiger partial charge in [0.2, 0.25) is 0 Å². The lowest BCUT2D eigenvalue weighted by molar-refractivity contribution is -0.112. The molecule has 1 unspecified atom stereocenters. The Kier molecular flexibility index (Phi) is 12.1. The van der Waals surface area contributed by atoms with E-state index in [4.69, 9.17) is 9.47 Å². The Balaban J connectivity index is 3.06. The molecule has 0 amide bonds. The van der Waals surface area contributed by atoms with E-state index in [2.05, 4.69) is 25.3 Å². The van der Waals surface area contributed by atoms with Crippen LogP contribution in [0.2, 0.25) is 0 Å². The second kappa shape index (κ2) is 11.7. The Morgan fingerprint density at radius 1 is 1.00 bits per heavy atom. The molecule has 5 heteroatoms. The summed E-state index contributed by atoms with van der Waals surface area (Å²) in [6.45, 7) is 1.80. The highest BCUT2D eigenvalue weighted by Crippen LogP contribution is 1.97. The van der Waals surface area contributed by atoms with Gasteiger partial charge in [0.25, 0.3) is 0 Å². The zero-order valence-corrected chi connectivity index (χ0v) is 10.2. The van der Waals surface area contributed by atoms with E-state index < -0.39 is 6.29 Å². The van der Waals surface area contributed by atoms with Gasteiger partial charge in [-0.3, -0.25) is 0 Å². The molecular weight excluding hydrogens is 220 g/mol. The maximum atomic E-state index is 9.29. The quantitative estimate of drug-likeness (QED) is 0.307. The van der Waals surface area contributed by atoms with E-state index in [-0.39, 0.29) is 0 Å². The molecule has 3 nitrogen and oxygen atoms in total. The molecule has 0 aromatic heterocycles. The molecule has 0 radical (unpaired) electrons. The highest BCUT2D eigenvalue weighted by Gasteiger charge is 2.02. The highest BCUT2D eigenvalue weighted by atomic mass is 32.1. The van der Waals surface area contributed by atoms with Gasteiger partial charge in [-0.25, -0.2) is 0 Å². The number of ether oxygens (including phenoxy) is 2. The Morgan fingerprint density at radius 2 is 1.64 bits per heavy atom. The molecule has 1 N–H and O–H groups in total. The molecule has 0 saturated carbocycles. The van der Waals surface area contributed by atoms with Crippen molar-refractivity contribution < 1.29 is 14.6 Å². The van der Waals surface area contributed by atoms with Crippen LogP contribution in [0.5, 0.6) is 0 Å². The summed E-state index contributed by atoms with van der Waals surface area (Å²) in [5, 5.41) is 9.29. The van der Waals surface area contributed by atoms with E-state index in [1.54, 1.807) is 0 Å². The zero-order valence-electron chi connectivity index (χ0n) is 8.39. The van der Waals surface area contributed by atoms with Gasteiger partial charge in [-0.05, 0) is 24.3 Å². The van der Waals surface area contributed by atoms with E-state index in [9.17, 15) is 5.11 Å². The summed E-state index contributed by atoms with van der Waals surface area (Å²) in [6.07, 6.45) is 1.63. The van der Waals surface area contributed by atoms with Crippen LogP contribution in [0, 0.1) is 0 Å². The van der Waals surface area contributed by atoms with E-state index in [0.717, 1.165) is 24.3 Å². The van der Waals surface area contributed by atoms with Gasteiger partial charge in [-0.2, -0.15) is 25.3 Å². The molecule has 0 aliphatic heterocycles. The number of aliphatic hydroxyl groups is 1. The van der Waals surface area contributed by atoms with Crippen molar-refractivity contribution in [3.05, 3.63) is 0 Å². The third-order valence-electron chi connectivity index (χ3n) is 1.57. The predicted molar refractivity (Wildman–Crippen MR) is 64.3 cm³/mol. The fraction of sp³-hybridized carbons (Fsp3) is 1.00. The Bertz CT molecular complexity index is 114. The van der Waals surface area contributed by atoms with Gasteiger partial charge in [0.15, 0.2) is 6.29 Å². The molecule has 0 aliphatic carbocycles.